The molecule has 0 bridgehead atoms. The minimum Gasteiger partial charge on any atom is -0.493 e. The highest BCUT2D eigenvalue weighted by Crippen LogP contribution is 2.44. The maximum atomic E-state index is 5.59. The molecule has 4 heteroatoms. The zero-order chi connectivity index (χ0) is 17.3. The van der Waals surface area contributed by atoms with Crippen LogP contribution in [0.2, 0.25) is 0 Å². The van der Waals surface area contributed by atoms with Crippen molar-refractivity contribution in [2.24, 2.45) is 0 Å². The third kappa shape index (κ3) is 3.17. The number of halogens is 1. The Morgan fingerprint density at radius 2 is 1.96 bits per heavy atom. The molecule has 2 aromatic rings. The Kier molecular flexibility index (Phi) is 5.16. The van der Waals surface area contributed by atoms with Crippen molar-refractivity contribution in [3.8, 4) is 11.5 Å². The largest absolute Gasteiger partial charge is 0.493 e. The minimum atomic E-state index is 0.323. The molecule has 1 unspecified atom stereocenters. The summed E-state index contributed by atoms with van der Waals surface area (Å²) in [5.74, 6) is 1.89. The van der Waals surface area contributed by atoms with Gasteiger partial charge in [0.05, 0.1) is 18.7 Å². The summed E-state index contributed by atoms with van der Waals surface area (Å²) in [5, 5.41) is 0. The van der Waals surface area contributed by atoms with Crippen LogP contribution in [0.25, 0.3) is 0 Å². The smallest absolute Gasteiger partial charge is 0.175 e. The maximum absolute atomic E-state index is 5.59. The first-order valence-electron chi connectivity index (χ1n) is 8.23. The van der Waals surface area contributed by atoms with Crippen LogP contribution in [-0.2, 0) is 6.42 Å². The summed E-state index contributed by atoms with van der Waals surface area (Å²) < 4.78 is 12.2. The van der Waals surface area contributed by atoms with Crippen molar-refractivity contribution in [1.82, 2.24) is 4.90 Å². The normalized spacial score (nSPS) is 18.0. The molecule has 1 atom stereocenters. The van der Waals surface area contributed by atoms with Crippen LogP contribution in [0.3, 0.4) is 0 Å². The quantitative estimate of drug-likeness (QED) is 0.776. The van der Waals surface area contributed by atoms with Crippen molar-refractivity contribution in [2.45, 2.75) is 19.3 Å². The predicted molar refractivity (Wildman–Crippen MR) is 101 cm³/mol. The van der Waals surface area contributed by atoms with Gasteiger partial charge in [-0.2, -0.15) is 0 Å². The number of hydrogen-bond acceptors (Lipinski definition) is 3. The number of methoxy groups -OCH3 is 2. The molecule has 3 rings (SSSR count). The Hall–Kier alpha value is -1.52. The summed E-state index contributed by atoms with van der Waals surface area (Å²) in [6.07, 6.45) is 0.995. The van der Waals surface area contributed by atoms with Crippen LogP contribution in [0.4, 0.5) is 0 Å². The lowest BCUT2D eigenvalue weighted by atomic mass is 9.87. The van der Waals surface area contributed by atoms with Crippen LogP contribution < -0.4 is 9.47 Å². The summed E-state index contributed by atoms with van der Waals surface area (Å²) in [6, 6.07) is 11.0. The fourth-order valence-electron chi connectivity index (χ4n) is 3.55. The highest BCUT2D eigenvalue weighted by Gasteiger charge is 2.27. The zero-order valence-corrected chi connectivity index (χ0v) is 16.3. The molecule has 1 aliphatic heterocycles. The molecule has 0 N–H and O–H groups in total. The summed E-state index contributed by atoms with van der Waals surface area (Å²) in [4.78, 5) is 2.40. The molecule has 3 nitrogen and oxygen atoms in total. The molecular weight excluding hydrogens is 366 g/mol. The van der Waals surface area contributed by atoms with Gasteiger partial charge in [-0.15, -0.1) is 0 Å². The van der Waals surface area contributed by atoms with Crippen molar-refractivity contribution in [3.63, 3.8) is 0 Å². The van der Waals surface area contributed by atoms with E-state index in [1.807, 2.05) is 0 Å². The van der Waals surface area contributed by atoms with Gasteiger partial charge in [-0.3, -0.25) is 0 Å². The number of hydrogen-bond donors (Lipinski definition) is 0. The second-order valence-electron chi connectivity index (χ2n) is 6.47. The maximum Gasteiger partial charge on any atom is 0.175 e. The standard InChI is InChI=1S/C20H24BrNO2/c1-13-6-5-7-14(10-13)17-12-22(2)9-8-15-16(17)11-18(23-3)20(24-4)19(15)21/h5-7,10-11,17H,8-9,12H2,1-4H3. The fourth-order valence-corrected chi connectivity index (χ4v) is 4.33. The van der Waals surface area contributed by atoms with E-state index in [1.165, 1.54) is 22.3 Å². The van der Waals surface area contributed by atoms with Gasteiger partial charge in [-0.05, 0) is 59.1 Å². The lowest BCUT2D eigenvalue weighted by Gasteiger charge is -2.24. The Bertz CT molecular complexity index is 745. The second kappa shape index (κ2) is 7.16. The van der Waals surface area contributed by atoms with Gasteiger partial charge >= 0.3 is 0 Å². The van der Waals surface area contributed by atoms with Crippen LogP contribution in [-0.4, -0.2) is 39.3 Å². The fraction of sp³-hybridized carbons (Fsp3) is 0.400. The molecule has 0 aromatic heterocycles. The van der Waals surface area contributed by atoms with Crippen LogP contribution in [0.15, 0.2) is 34.8 Å². The molecule has 1 aliphatic rings. The topological polar surface area (TPSA) is 21.7 Å². The van der Waals surface area contributed by atoms with E-state index in [9.17, 15) is 0 Å². The van der Waals surface area contributed by atoms with Gasteiger partial charge in [0.1, 0.15) is 0 Å². The first-order valence-corrected chi connectivity index (χ1v) is 9.02. The molecule has 0 fully saturated rings. The van der Waals surface area contributed by atoms with E-state index in [-0.39, 0.29) is 0 Å². The first-order chi connectivity index (χ1) is 11.5. The predicted octanol–water partition coefficient (Wildman–Crippen LogP) is 4.39. The lowest BCUT2D eigenvalue weighted by molar-refractivity contribution is 0.337. The highest BCUT2D eigenvalue weighted by atomic mass is 79.9. The molecule has 0 spiro atoms. The average Bonchev–Trinajstić information content (AvgIpc) is 2.74. The van der Waals surface area contributed by atoms with Crippen molar-refractivity contribution in [3.05, 3.63) is 57.1 Å². The molecule has 0 amide bonds. The van der Waals surface area contributed by atoms with E-state index in [2.05, 4.69) is 65.1 Å². The van der Waals surface area contributed by atoms with Gasteiger partial charge in [-0.1, -0.05) is 29.8 Å². The number of ether oxygens (including phenoxy) is 2. The van der Waals surface area contributed by atoms with E-state index in [1.54, 1.807) is 14.2 Å². The van der Waals surface area contributed by atoms with Gasteiger partial charge in [0.15, 0.2) is 11.5 Å². The van der Waals surface area contributed by atoms with E-state index >= 15 is 0 Å². The number of likely N-dealkylation sites (N-methyl/N-ethyl adjacent to an activating group) is 1. The Morgan fingerprint density at radius 1 is 1.17 bits per heavy atom. The van der Waals surface area contributed by atoms with Crippen molar-refractivity contribution < 1.29 is 9.47 Å². The van der Waals surface area contributed by atoms with Gasteiger partial charge < -0.3 is 14.4 Å². The number of rotatable bonds is 3. The Labute approximate surface area is 152 Å². The van der Waals surface area contributed by atoms with Crippen LogP contribution >= 0.6 is 15.9 Å². The van der Waals surface area contributed by atoms with Gasteiger partial charge in [0, 0.05) is 19.0 Å². The van der Waals surface area contributed by atoms with Crippen molar-refractivity contribution in [2.75, 3.05) is 34.4 Å². The SMILES string of the molecule is COc1cc2c(c(Br)c1OC)CCN(C)CC2c1cccc(C)c1. The van der Waals surface area contributed by atoms with Gasteiger partial charge in [0.2, 0.25) is 0 Å². The van der Waals surface area contributed by atoms with Crippen LogP contribution in [0, 0.1) is 6.92 Å². The summed E-state index contributed by atoms with van der Waals surface area (Å²) in [5.41, 5.74) is 5.29. The molecule has 1 heterocycles. The highest BCUT2D eigenvalue weighted by molar-refractivity contribution is 9.10. The average molecular weight is 390 g/mol. The summed E-state index contributed by atoms with van der Waals surface area (Å²) in [6.45, 7) is 4.18. The summed E-state index contributed by atoms with van der Waals surface area (Å²) >= 11 is 3.76. The number of nitrogens with zero attached hydrogens (tertiary/aromatic N) is 1. The minimum absolute atomic E-state index is 0.323. The van der Waals surface area contributed by atoms with Crippen LogP contribution in [0.5, 0.6) is 11.5 Å². The molecule has 24 heavy (non-hydrogen) atoms. The molecule has 0 aliphatic carbocycles. The zero-order valence-electron chi connectivity index (χ0n) is 14.7. The van der Waals surface area contributed by atoms with Gasteiger partial charge in [-0.25, -0.2) is 0 Å². The number of fused-ring (bicyclic) bond motifs is 1. The number of benzene rings is 2. The molecule has 128 valence electrons. The molecule has 0 saturated carbocycles. The third-order valence-electron chi connectivity index (χ3n) is 4.80. The van der Waals surface area contributed by atoms with E-state index in [0.29, 0.717) is 5.92 Å². The van der Waals surface area contributed by atoms with E-state index < -0.39 is 0 Å². The van der Waals surface area contributed by atoms with Crippen molar-refractivity contribution >= 4 is 15.9 Å². The Balaban J connectivity index is 2.20. The van der Waals surface area contributed by atoms with E-state index in [0.717, 1.165) is 35.5 Å². The van der Waals surface area contributed by atoms with Crippen molar-refractivity contribution in [1.29, 1.82) is 0 Å². The van der Waals surface area contributed by atoms with Crippen LogP contribution in [0.1, 0.15) is 28.2 Å². The van der Waals surface area contributed by atoms with E-state index in [4.69, 9.17) is 9.47 Å². The number of aryl methyl sites for hydroxylation is 1. The molecule has 2 aromatic carbocycles. The Morgan fingerprint density at radius 3 is 2.62 bits per heavy atom. The molecule has 0 saturated heterocycles. The molecular formula is C20H24BrNO2. The second-order valence-corrected chi connectivity index (χ2v) is 7.27. The third-order valence-corrected chi connectivity index (χ3v) is 5.64. The summed E-state index contributed by atoms with van der Waals surface area (Å²) in [7, 11) is 5.58. The lowest BCUT2D eigenvalue weighted by Crippen LogP contribution is -2.24. The van der Waals surface area contributed by atoms with Gasteiger partial charge in [0.25, 0.3) is 0 Å². The first kappa shape index (κ1) is 17.3. The monoisotopic (exact) mass is 389 g/mol. The molecule has 0 radical (unpaired) electrons.